The number of carbonyl (C=O) groups is 1. The minimum Gasteiger partial charge on any atom is -0.424 e. The third-order valence-electron chi connectivity index (χ3n) is 3.81. The van der Waals surface area contributed by atoms with Crippen LogP contribution in [0.5, 0.6) is 0 Å². The third-order valence-corrected chi connectivity index (χ3v) is 4.85. The number of fused-ring (bicyclic) bond motifs is 1. The maximum Gasteiger partial charge on any atom is 0.509 e. The predicted molar refractivity (Wildman–Crippen MR) is 84.0 cm³/mol. The monoisotopic (exact) mass is 340 g/mol. The second kappa shape index (κ2) is 7.53. The molecule has 0 bridgehead atoms. The van der Waals surface area contributed by atoms with E-state index >= 15 is 0 Å². The first-order valence-electron chi connectivity index (χ1n) is 7.63. The molecular formula is C16H20O6S. The van der Waals surface area contributed by atoms with Gasteiger partial charge < -0.3 is 24.1 Å². The Kier molecular flexibility index (Phi) is 5.42. The molecule has 0 aliphatic carbocycles. The summed E-state index contributed by atoms with van der Waals surface area (Å²) >= 11 is 1.52. The van der Waals surface area contributed by atoms with Gasteiger partial charge in [0, 0.05) is 0 Å². The zero-order valence-corrected chi connectivity index (χ0v) is 13.6. The summed E-state index contributed by atoms with van der Waals surface area (Å²) in [5, 5.41) is 10.4. The van der Waals surface area contributed by atoms with Gasteiger partial charge in [0.2, 0.25) is 0 Å². The molecule has 0 saturated carbocycles. The van der Waals surface area contributed by atoms with Gasteiger partial charge in [-0.25, -0.2) is 4.79 Å². The molecule has 2 fully saturated rings. The van der Waals surface area contributed by atoms with Crippen LogP contribution >= 0.6 is 11.8 Å². The zero-order chi connectivity index (χ0) is 16.2. The first kappa shape index (κ1) is 16.6. The van der Waals surface area contributed by atoms with Crippen molar-refractivity contribution in [3.05, 3.63) is 35.9 Å². The smallest absolute Gasteiger partial charge is 0.424 e. The Morgan fingerprint density at radius 2 is 1.96 bits per heavy atom. The van der Waals surface area contributed by atoms with Crippen LogP contribution in [0.25, 0.3) is 0 Å². The standard InChI is InChI=1S/C16H20O6S/c1-2-23-15-14-13(21-16(18)22-14)12(17)11(20-15)9-19-8-10-6-4-3-5-7-10/h3-7,11-15,17H,2,8-9H2,1H3. The van der Waals surface area contributed by atoms with Crippen molar-refractivity contribution in [1.82, 2.24) is 0 Å². The quantitative estimate of drug-likeness (QED) is 0.793. The van der Waals surface area contributed by atoms with Crippen molar-refractivity contribution in [1.29, 1.82) is 0 Å². The van der Waals surface area contributed by atoms with Crippen LogP contribution < -0.4 is 0 Å². The summed E-state index contributed by atoms with van der Waals surface area (Å²) in [6, 6.07) is 9.77. The lowest BCUT2D eigenvalue weighted by Crippen LogP contribution is -2.56. The molecule has 126 valence electrons. The van der Waals surface area contributed by atoms with E-state index in [1.54, 1.807) is 0 Å². The van der Waals surface area contributed by atoms with Crippen LogP contribution in [-0.4, -0.2) is 53.5 Å². The Balaban J connectivity index is 1.59. The van der Waals surface area contributed by atoms with Gasteiger partial charge in [-0.2, -0.15) is 0 Å². The number of hydrogen-bond acceptors (Lipinski definition) is 7. The Morgan fingerprint density at radius 3 is 2.70 bits per heavy atom. The Morgan fingerprint density at radius 1 is 1.22 bits per heavy atom. The number of ether oxygens (including phenoxy) is 4. The van der Waals surface area contributed by atoms with Crippen LogP contribution in [0.4, 0.5) is 4.79 Å². The number of hydrogen-bond donors (Lipinski definition) is 1. The topological polar surface area (TPSA) is 74.2 Å². The summed E-state index contributed by atoms with van der Waals surface area (Å²) in [5.74, 6) is 0.805. The Hall–Kier alpha value is -1.28. The van der Waals surface area contributed by atoms with Gasteiger partial charge in [0.1, 0.15) is 17.6 Å². The van der Waals surface area contributed by atoms with Crippen molar-refractivity contribution < 1.29 is 28.8 Å². The molecule has 23 heavy (non-hydrogen) atoms. The molecule has 1 N–H and O–H groups in total. The number of aliphatic hydroxyl groups is 1. The molecule has 5 unspecified atom stereocenters. The lowest BCUT2D eigenvalue weighted by Gasteiger charge is -2.38. The van der Waals surface area contributed by atoms with Gasteiger partial charge in [0.05, 0.1) is 13.2 Å². The van der Waals surface area contributed by atoms with E-state index in [0.717, 1.165) is 11.3 Å². The molecule has 2 heterocycles. The van der Waals surface area contributed by atoms with E-state index in [9.17, 15) is 9.90 Å². The van der Waals surface area contributed by atoms with E-state index in [4.69, 9.17) is 18.9 Å². The number of carbonyl (C=O) groups excluding carboxylic acids is 1. The average Bonchev–Trinajstić information content (AvgIpc) is 2.95. The highest BCUT2D eigenvalue weighted by Gasteiger charge is 2.53. The molecule has 7 heteroatoms. The van der Waals surface area contributed by atoms with Crippen molar-refractivity contribution in [2.45, 2.75) is 43.4 Å². The highest BCUT2D eigenvalue weighted by molar-refractivity contribution is 7.99. The second-order valence-corrected chi connectivity index (χ2v) is 6.78. The highest BCUT2D eigenvalue weighted by atomic mass is 32.2. The molecule has 0 aromatic heterocycles. The molecule has 2 aliphatic heterocycles. The van der Waals surface area contributed by atoms with Gasteiger partial charge in [0.25, 0.3) is 0 Å². The first-order valence-corrected chi connectivity index (χ1v) is 8.68. The average molecular weight is 340 g/mol. The molecule has 1 aromatic carbocycles. The van der Waals surface area contributed by atoms with Crippen molar-refractivity contribution in [3.63, 3.8) is 0 Å². The number of aliphatic hydroxyl groups excluding tert-OH is 1. The predicted octanol–water partition coefficient (Wildman–Crippen LogP) is 1.95. The number of benzene rings is 1. The lowest BCUT2D eigenvalue weighted by atomic mass is 10.0. The van der Waals surface area contributed by atoms with Crippen LogP contribution in [0.2, 0.25) is 0 Å². The van der Waals surface area contributed by atoms with Crippen molar-refractivity contribution in [2.75, 3.05) is 12.4 Å². The molecule has 3 rings (SSSR count). The summed E-state index contributed by atoms with van der Waals surface area (Å²) in [4.78, 5) is 11.4. The van der Waals surface area contributed by atoms with Crippen molar-refractivity contribution in [3.8, 4) is 0 Å². The van der Waals surface area contributed by atoms with E-state index in [1.807, 2.05) is 37.3 Å². The normalized spacial score (nSPS) is 33.0. The fourth-order valence-electron chi connectivity index (χ4n) is 2.70. The molecule has 6 nitrogen and oxygen atoms in total. The van der Waals surface area contributed by atoms with Crippen LogP contribution in [0.15, 0.2) is 30.3 Å². The summed E-state index contributed by atoms with van der Waals surface area (Å²) in [7, 11) is 0. The Bertz CT molecular complexity index is 525. The molecule has 2 aliphatic rings. The summed E-state index contributed by atoms with van der Waals surface area (Å²) in [5.41, 5.74) is 0.691. The van der Waals surface area contributed by atoms with Crippen molar-refractivity contribution in [2.24, 2.45) is 0 Å². The molecule has 0 spiro atoms. The first-order chi connectivity index (χ1) is 11.2. The SMILES string of the molecule is CCSC1OC(COCc2ccccc2)C(O)C2OC(=O)OC12. The molecule has 5 atom stereocenters. The minimum atomic E-state index is -0.962. The summed E-state index contributed by atoms with van der Waals surface area (Å²) < 4.78 is 21.7. The zero-order valence-electron chi connectivity index (χ0n) is 12.8. The maximum absolute atomic E-state index is 11.4. The molecule has 0 radical (unpaired) electrons. The largest absolute Gasteiger partial charge is 0.509 e. The molecule has 1 aromatic rings. The summed E-state index contributed by atoms with van der Waals surface area (Å²) in [6.07, 6.45) is -3.55. The molecule has 2 saturated heterocycles. The third kappa shape index (κ3) is 3.80. The number of thioether (sulfide) groups is 1. The fraction of sp³-hybridized carbons (Fsp3) is 0.562. The fourth-order valence-corrected chi connectivity index (χ4v) is 3.65. The van der Waals surface area contributed by atoms with E-state index < -0.39 is 30.6 Å². The van der Waals surface area contributed by atoms with Gasteiger partial charge in [-0.3, -0.25) is 0 Å². The Labute approximate surface area is 139 Å². The van der Waals surface area contributed by atoms with Gasteiger partial charge in [0.15, 0.2) is 12.2 Å². The second-order valence-electron chi connectivity index (χ2n) is 5.40. The summed E-state index contributed by atoms with van der Waals surface area (Å²) in [6.45, 7) is 2.65. The number of rotatable bonds is 6. The van der Waals surface area contributed by atoms with E-state index in [2.05, 4.69) is 0 Å². The van der Waals surface area contributed by atoms with Crippen LogP contribution in [0.3, 0.4) is 0 Å². The van der Waals surface area contributed by atoms with Gasteiger partial charge in [-0.15, -0.1) is 11.8 Å². The molecule has 0 amide bonds. The highest BCUT2D eigenvalue weighted by Crippen LogP contribution is 2.35. The van der Waals surface area contributed by atoms with Gasteiger partial charge >= 0.3 is 6.16 Å². The van der Waals surface area contributed by atoms with Crippen LogP contribution in [0.1, 0.15) is 12.5 Å². The lowest BCUT2D eigenvalue weighted by molar-refractivity contribution is -0.178. The van der Waals surface area contributed by atoms with Gasteiger partial charge in [-0.1, -0.05) is 37.3 Å². The van der Waals surface area contributed by atoms with Crippen LogP contribution in [0, 0.1) is 0 Å². The van der Waals surface area contributed by atoms with Gasteiger partial charge in [-0.05, 0) is 11.3 Å². The minimum absolute atomic E-state index is 0.220. The van der Waals surface area contributed by atoms with E-state index in [0.29, 0.717) is 6.61 Å². The maximum atomic E-state index is 11.4. The van der Waals surface area contributed by atoms with Crippen LogP contribution in [-0.2, 0) is 25.6 Å². The van der Waals surface area contributed by atoms with Crippen molar-refractivity contribution >= 4 is 17.9 Å². The molecular weight excluding hydrogens is 320 g/mol. The van der Waals surface area contributed by atoms with E-state index in [-0.39, 0.29) is 12.0 Å². The van der Waals surface area contributed by atoms with E-state index in [1.165, 1.54) is 11.8 Å².